The molecule has 2 heteroatoms. The van der Waals surface area contributed by atoms with E-state index in [1.165, 1.54) is 19.4 Å². The molecule has 92 valence electrons. The Labute approximate surface area is 100 Å². The van der Waals surface area contributed by atoms with E-state index in [2.05, 4.69) is 43.6 Å². The van der Waals surface area contributed by atoms with Crippen LogP contribution in [-0.4, -0.2) is 36.1 Å². The molecule has 2 fully saturated rings. The summed E-state index contributed by atoms with van der Waals surface area (Å²) in [5.41, 5.74) is 0.375. The van der Waals surface area contributed by atoms with Crippen LogP contribution in [0.2, 0.25) is 0 Å². The Morgan fingerprint density at radius 2 is 2.19 bits per heavy atom. The van der Waals surface area contributed by atoms with Crippen molar-refractivity contribution in [2.75, 3.05) is 19.6 Å². The molecule has 2 aliphatic rings. The molecule has 0 aromatic heterocycles. The fraction of sp³-hybridized carbons (Fsp3) is 0.857. The van der Waals surface area contributed by atoms with Crippen molar-refractivity contribution in [3.8, 4) is 0 Å². The van der Waals surface area contributed by atoms with E-state index in [1.54, 1.807) is 0 Å². The van der Waals surface area contributed by atoms with Gasteiger partial charge in [0.15, 0.2) is 0 Å². The normalized spacial score (nSPS) is 36.6. The van der Waals surface area contributed by atoms with Gasteiger partial charge in [-0.1, -0.05) is 19.9 Å². The van der Waals surface area contributed by atoms with Crippen molar-refractivity contribution in [1.82, 2.24) is 10.2 Å². The molecule has 0 spiro atoms. The van der Waals surface area contributed by atoms with E-state index >= 15 is 0 Å². The quantitative estimate of drug-likeness (QED) is 0.734. The summed E-state index contributed by atoms with van der Waals surface area (Å²) >= 11 is 0. The van der Waals surface area contributed by atoms with Crippen LogP contribution in [0, 0.1) is 11.8 Å². The SMILES string of the molecule is C=CCN1CC(C(C)C)NCC1(C)C1CC1. The average molecular weight is 222 g/mol. The van der Waals surface area contributed by atoms with Crippen molar-refractivity contribution < 1.29 is 0 Å². The molecule has 16 heavy (non-hydrogen) atoms. The largest absolute Gasteiger partial charge is 0.311 e. The molecule has 1 heterocycles. The summed E-state index contributed by atoms with van der Waals surface area (Å²) in [5.74, 6) is 1.63. The van der Waals surface area contributed by atoms with Gasteiger partial charge in [-0.05, 0) is 31.6 Å². The zero-order valence-electron chi connectivity index (χ0n) is 11.0. The first-order chi connectivity index (χ1) is 7.58. The Bertz CT molecular complexity index is 257. The highest BCUT2D eigenvalue weighted by Crippen LogP contribution is 2.44. The van der Waals surface area contributed by atoms with E-state index in [4.69, 9.17) is 0 Å². The maximum absolute atomic E-state index is 3.91. The third kappa shape index (κ3) is 2.18. The summed E-state index contributed by atoms with van der Waals surface area (Å²) in [5, 5.41) is 3.74. The number of hydrogen-bond acceptors (Lipinski definition) is 2. The van der Waals surface area contributed by atoms with Crippen LogP contribution in [0.15, 0.2) is 12.7 Å². The van der Waals surface area contributed by atoms with Crippen LogP contribution in [0.1, 0.15) is 33.6 Å². The highest BCUT2D eigenvalue weighted by Gasteiger charge is 2.47. The van der Waals surface area contributed by atoms with Crippen LogP contribution < -0.4 is 5.32 Å². The fourth-order valence-electron chi connectivity index (χ4n) is 2.95. The molecule has 2 nitrogen and oxygen atoms in total. The zero-order valence-corrected chi connectivity index (χ0v) is 11.0. The van der Waals surface area contributed by atoms with Crippen molar-refractivity contribution in [2.24, 2.45) is 11.8 Å². The Morgan fingerprint density at radius 1 is 1.50 bits per heavy atom. The molecule has 0 radical (unpaired) electrons. The fourth-order valence-corrected chi connectivity index (χ4v) is 2.95. The maximum Gasteiger partial charge on any atom is 0.0337 e. The van der Waals surface area contributed by atoms with E-state index in [9.17, 15) is 0 Å². The summed E-state index contributed by atoms with van der Waals surface area (Å²) in [7, 11) is 0. The molecule has 0 amide bonds. The molecule has 2 atom stereocenters. The number of rotatable bonds is 4. The molecule has 1 aliphatic carbocycles. The third-order valence-electron chi connectivity index (χ3n) is 4.47. The monoisotopic (exact) mass is 222 g/mol. The van der Waals surface area contributed by atoms with Crippen LogP contribution in [0.25, 0.3) is 0 Å². The van der Waals surface area contributed by atoms with E-state index in [0.717, 1.165) is 24.9 Å². The minimum Gasteiger partial charge on any atom is -0.311 e. The summed E-state index contributed by atoms with van der Waals surface area (Å²) in [6.07, 6.45) is 4.89. The molecule has 1 saturated heterocycles. The van der Waals surface area contributed by atoms with Gasteiger partial charge in [0.2, 0.25) is 0 Å². The minimum atomic E-state index is 0.375. The minimum absolute atomic E-state index is 0.375. The van der Waals surface area contributed by atoms with Crippen LogP contribution >= 0.6 is 0 Å². The highest BCUT2D eigenvalue weighted by molar-refractivity contribution is 5.06. The number of hydrogen-bond donors (Lipinski definition) is 1. The van der Waals surface area contributed by atoms with Gasteiger partial charge in [0.1, 0.15) is 0 Å². The van der Waals surface area contributed by atoms with Crippen molar-refractivity contribution in [3.05, 3.63) is 12.7 Å². The van der Waals surface area contributed by atoms with Gasteiger partial charge in [0.25, 0.3) is 0 Å². The summed E-state index contributed by atoms with van der Waals surface area (Å²) in [6.45, 7) is 14.3. The predicted octanol–water partition coefficient (Wildman–Crippen LogP) is 2.27. The van der Waals surface area contributed by atoms with Crippen LogP contribution in [-0.2, 0) is 0 Å². The molecule has 0 bridgehead atoms. The molecule has 2 unspecified atom stereocenters. The van der Waals surface area contributed by atoms with E-state index in [1.807, 2.05) is 0 Å². The molecule has 1 N–H and O–H groups in total. The lowest BCUT2D eigenvalue weighted by atomic mass is 9.87. The molecule has 0 aromatic rings. The van der Waals surface area contributed by atoms with Gasteiger partial charge in [0, 0.05) is 31.2 Å². The first-order valence-electron chi connectivity index (χ1n) is 6.67. The zero-order chi connectivity index (χ0) is 11.8. The Hall–Kier alpha value is -0.340. The van der Waals surface area contributed by atoms with Crippen LogP contribution in [0.4, 0.5) is 0 Å². The van der Waals surface area contributed by atoms with Gasteiger partial charge < -0.3 is 5.32 Å². The lowest BCUT2D eigenvalue weighted by Crippen LogP contribution is -2.65. The molecular weight excluding hydrogens is 196 g/mol. The number of nitrogens with zero attached hydrogens (tertiary/aromatic N) is 1. The molecule has 1 aliphatic heterocycles. The van der Waals surface area contributed by atoms with Crippen molar-refractivity contribution in [2.45, 2.75) is 45.2 Å². The molecular formula is C14H26N2. The van der Waals surface area contributed by atoms with E-state index in [-0.39, 0.29) is 0 Å². The van der Waals surface area contributed by atoms with Gasteiger partial charge >= 0.3 is 0 Å². The maximum atomic E-state index is 3.91. The van der Waals surface area contributed by atoms with Gasteiger partial charge in [0.05, 0.1) is 0 Å². The predicted molar refractivity (Wildman–Crippen MR) is 69.5 cm³/mol. The van der Waals surface area contributed by atoms with Crippen molar-refractivity contribution in [3.63, 3.8) is 0 Å². The second-order valence-electron chi connectivity index (χ2n) is 6.06. The van der Waals surface area contributed by atoms with Crippen molar-refractivity contribution in [1.29, 1.82) is 0 Å². The van der Waals surface area contributed by atoms with E-state index in [0.29, 0.717) is 11.6 Å². The number of nitrogens with one attached hydrogen (secondary N) is 1. The highest BCUT2D eigenvalue weighted by atomic mass is 15.3. The Kier molecular flexibility index (Phi) is 3.41. The average Bonchev–Trinajstić information content (AvgIpc) is 3.05. The lowest BCUT2D eigenvalue weighted by molar-refractivity contribution is 0.0358. The Balaban J connectivity index is 2.06. The van der Waals surface area contributed by atoms with Gasteiger partial charge in [-0.3, -0.25) is 4.90 Å². The second kappa shape index (κ2) is 4.50. The first-order valence-corrected chi connectivity index (χ1v) is 6.67. The summed E-state index contributed by atoms with van der Waals surface area (Å²) in [6, 6.07) is 0.645. The van der Waals surface area contributed by atoms with Gasteiger partial charge in [-0.25, -0.2) is 0 Å². The topological polar surface area (TPSA) is 15.3 Å². The van der Waals surface area contributed by atoms with E-state index < -0.39 is 0 Å². The lowest BCUT2D eigenvalue weighted by Gasteiger charge is -2.49. The summed E-state index contributed by atoms with van der Waals surface area (Å²) < 4.78 is 0. The standard InChI is InChI=1S/C14H26N2/c1-5-8-16-9-13(11(2)3)15-10-14(16,4)12-6-7-12/h5,11-13,15H,1,6-10H2,2-4H3. The molecule has 1 saturated carbocycles. The molecule has 0 aromatic carbocycles. The van der Waals surface area contributed by atoms with Crippen LogP contribution in [0.5, 0.6) is 0 Å². The third-order valence-corrected chi connectivity index (χ3v) is 4.47. The van der Waals surface area contributed by atoms with Crippen LogP contribution in [0.3, 0.4) is 0 Å². The molecule has 2 rings (SSSR count). The number of piperazine rings is 1. The second-order valence-corrected chi connectivity index (χ2v) is 6.06. The van der Waals surface area contributed by atoms with Crippen molar-refractivity contribution >= 4 is 0 Å². The van der Waals surface area contributed by atoms with Gasteiger partial charge in [-0.2, -0.15) is 0 Å². The first kappa shape index (κ1) is 12.1. The summed E-state index contributed by atoms with van der Waals surface area (Å²) in [4.78, 5) is 2.65. The van der Waals surface area contributed by atoms with Gasteiger partial charge in [-0.15, -0.1) is 6.58 Å². The Morgan fingerprint density at radius 3 is 2.69 bits per heavy atom. The smallest absolute Gasteiger partial charge is 0.0337 e.